The molecular weight excluding hydrogens is 220 g/mol. The van der Waals surface area contributed by atoms with E-state index in [-0.39, 0.29) is 23.7 Å². The molecule has 0 aliphatic heterocycles. The van der Waals surface area contributed by atoms with Crippen LogP contribution in [0.1, 0.15) is 37.2 Å². The van der Waals surface area contributed by atoms with Gasteiger partial charge in [-0.05, 0) is 19.4 Å². The van der Waals surface area contributed by atoms with Crippen molar-refractivity contribution in [3.8, 4) is 0 Å². The summed E-state index contributed by atoms with van der Waals surface area (Å²) in [7, 11) is 0. The molecule has 1 amide bonds. The number of hydrogen-bond acceptors (Lipinski definition) is 3. The minimum absolute atomic E-state index is 0.163. The van der Waals surface area contributed by atoms with Gasteiger partial charge in [-0.3, -0.25) is 9.59 Å². The first kappa shape index (κ1) is 13.4. The highest BCUT2D eigenvalue weighted by Gasteiger charge is 2.20. The molecule has 94 valence electrons. The molecule has 0 aliphatic carbocycles. The van der Waals surface area contributed by atoms with Crippen LogP contribution in [0.25, 0.3) is 0 Å². The fourth-order valence-electron chi connectivity index (χ4n) is 1.57. The molecule has 1 aromatic heterocycles. The molecule has 0 bridgehead atoms. The Morgan fingerprint density at radius 2 is 2.24 bits per heavy atom. The zero-order chi connectivity index (χ0) is 12.9. The van der Waals surface area contributed by atoms with E-state index in [4.69, 9.17) is 0 Å². The maximum absolute atomic E-state index is 11.7. The number of hydrogen-bond donors (Lipinski definition) is 3. The number of aromatic nitrogens is 1. The molecule has 0 fully saturated rings. The monoisotopic (exact) mass is 238 g/mol. The number of amides is 1. The predicted octanol–water partition coefficient (Wildman–Crippen LogP) is 0.656. The maximum atomic E-state index is 11.7. The van der Waals surface area contributed by atoms with Crippen LogP contribution >= 0.6 is 0 Å². The highest BCUT2D eigenvalue weighted by Crippen LogP contribution is 2.10. The molecule has 0 aromatic carbocycles. The zero-order valence-corrected chi connectivity index (χ0v) is 10.1. The molecule has 1 rings (SSSR count). The Morgan fingerprint density at radius 1 is 1.53 bits per heavy atom. The average molecular weight is 238 g/mol. The summed E-state index contributed by atoms with van der Waals surface area (Å²) in [5.74, 6) is -0.390. The Balaban J connectivity index is 2.59. The molecule has 5 nitrogen and oxygen atoms in total. The van der Waals surface area contributed by atoms with Crippen molar-refractivity contribution in [3.63, 3.8) is 0 Å². The van der Waals surface area contributed by atoms with Gasteiger partial charge in [0.25, 0.3) is 5.91 Å². The summed E-state index contributed by atoms with van der Waals surface area (Å²) >= 11 is 0. The molecule has 0 saturated carbocycles. The van der Waals surface area contributed by atoms with E-state index in [1.165, 1.54) is 18.2 Å². The van der Waals surface area contributed by atoms with E-state index >= 15 is 0 Å². The Kier molecular flexibility index (Phi) is 4.45. The van der Waals surface area contributed by atoms with Gasteiger partial charge in [-0.25, -0.2) is 0 Å². The molecule has 1 unspecified atom stereocenters. The second kappa shape index (κ2) is 5.63. The van der Waals surface area contributed by atoms with Crippen LogP contribution in [0.15, 0.2) is 23.0 Å². The van der Waals surface area contributed by atoms with E-state index in [1.54, 1.807) is 6.92 Å². The van der Waals surface area contributed by atoms with Gasteiger partial charge in [0.1, 0.15) is 5.69 Å². The fourth-order valence-corrected chi connectivity index (χ4v) is 1.57. The van der Waals surface area contributed by atoms with Gasteiger partial charge in [0.2, 0.25) is 5.56 Å². The van der Waals surface area contributed by atoms with Crippen molar-refractivity contribution >= 4 is 5.91 Å². The van der Waals surface area contributed by atoms with Crippen molar-refractivity contribution in [1.29, 1.82) is 0 Å². The summed E-state index contributed by atoms with van der Waals surface area (Å²) in [6.45, 7) is 3.80. The number of rotatable bonds is 5. The van der Waals surface area contributed by atoms with Crippen molar-refractivity contribution < 1.29 is 9.90 Å². The first-order valence-corrected chi connectivity index (χ1v) is 5.64. The number of aromatic amines is 1. The zero-order valence-electron chi connectivity index (χ0n) is 10.1. The molecule has 0 radical (unpaired) electrons. The van der Waals surface area contributed by atoms with Crippen LogP contribution in [-0.2, 0) is 0 Å². The minimum atomic E-state index is -0.917. The second-order valence-electron chi connectivity index (χ2n) is 4.36. The summed E-state index contributed by atoms with van der Waals surface area (Å²) in [6, 6.07) is 4.37. The Bertz CT molecular complexity index is 437. The van der Waals surface area contributed by atoms with Crippen molar-refractivity contribution in [2.24, 2.45) is 0 Å². The van der Waals surface area contributed by atoms with Crippen molar-refractivity contribution in [2.45, 2.75) is 32.3 Å². The lowest BCUT2D eigenvalue weighted by Gasteiger charge is -2.22. The van der Waals surface area contributed by atoms with Crippen LogP contribution < -0.4 is 10.9 Å². The topological polar surface area (TPSA) is 82.2 Å². The number of H-pyrrole nitrogens is 1. The third-order valence-electron chi connectivity index (χ3n) is 2.43. The first-order valence-electron chi connectivity index (χ1n) is 5.64. The third kappa shape index (κ3) is 4.40. The van der Waals surface area contributed by atoms with Crippen LogP contribution in [0.5, 0.6) is 0 Å². The van der Waals surface area contributed by atoms with E-state index < -0.39 is 5.60 Å². The lowest BCUT2D eigenvalue weighted by Crippen LogP contribution is -2.41. The Morgan fingerprint density at radius 3 is 2.82 bits per heavy atom. The van der Waals surface area contributed by atoms with Crippen LogP contribution in [0.4, 0.5) is 0 Å². The van der Waals surface area contributed by atoms with Crippen LogP contribution in [0, 0.1) is 0 Å². The first-order chi connectivity index (χ1) is 7.94. The highest BCUT2D eigenvalue weighted by molar-refractivity contribution is 5.92. The van der Waals surface area contributed by atoms with Gasteiger partial charge >= 0.3 is 0 Å². The lowest BCUT2D eigenvalue weighted by atomic mass is 10.0. The molecule has 3 N–H and O–H groups in total. The normalized spacial score (nSPS) is 14.1. The molecule has 0 aliphatic rings. The highest BCUT2D eigenvalue weighted by atomic mass is 16.3. The maximum Gasteiger partial charge on any atom is 0.267 e. The largest absolute Gasteiger partial charge is 0.388 e. The molecule has 1 atom stereocenters. The number of carbonyl (C=O) groups is 1. The summed E-state index contributed by atoms with van der Waals surface area (Å²) in [5.41, 5.74) is -1.04. The van der Waals surface area contributed by atoms with Gasteiger partial charge in [0, 0.05) is 12.6 Å². The quantitative estimate of drug-likeness (QED) is 0.704. The predicted molar refractivity (Wildman–Crippen MR) is 64.9 cm³/mol. The van der Waals surface area contributed by atoms with E-state index in [9.17, 15) is 14.7 Å². The van der Waals surface area contributed by atoms with E-state index in [2.05, 4.69) is 10.3 Å². The van der Waals surface area contributed by atoms with Crippen molar-refractivity contribution in [2.75, 3.05) is 6.54 Å². The minimum Gasteiger partial charge on any atom is -0.388 e. The lowest BCUT2D eigenvalue weighted by molar-refractivity contribution is 0.0468. The van der Waals surface area contributed by atoms with E-state index in [1.807, 2.05) is 6.92 Å². The van der Waals surface area contributed by atoms with Gasteiger partial charge in [0.15, 0.2) is 0 Å². The summed E-state index contributed by atoms with van der Waals surface area (Å²) < 4.78 is 0. The summed E-state index contributed by atoms with van der Waals surface area (Å²) in [5, 5.41) is 12.5. The van der Waals surface area contributed by atoms with Gasteiger partial charge in [0.05, 0.1) is 5.60 Å². The molecule has 1 aromatic rings. The standard InChI is InChI=1S/C12H18N2O3/c1-3-7-12(2,17)8-13-11(16)9-5-4-6-10(15)14-9/h4-6,17H,3,7-8H2,1-2H3,(H,13,16)(H,14,15). The van der Waals surface area contributed by atoms with Crippen molar-refractivity contribution in [3.05, 3.63) is 34.2 Å². The molecule has 5 heteroatoms. The van der Waals surface area contributed by atoms with Gasteiger partial charge in [-0.1, -0.05) is 19.4 Å². The molecule has 17 heavy (non-hydrogen) atoms. The Hall–Kier alpha value is -1.62. The number of pyridine rings is 1. The number of carbonyl (C=O) groups excluding carboxylic acids is 1. The summed E-state index contributed by atoms with van der Waals surface area (Å²) in [4.78, 5) is 25.1. The summed E-state index contributed by atoms with van der Waals surface area (Å²) in [6.07, 6.45) is 1.45. The molecule has 0 spiro atoms. The third-order valence-corrected chi connectivity index (χ3v) is 2.43. The van der Waals surface area contributed by atoms with E-state index in [0.29, 0.717) is 6.42 Å². The van der Waals surface area contributed by atoms with Crippen LogP contribution in [0.3, 0.4) is 0 Å². The second-order valence-corrected chi connectivity index (χ2v) is 4.36. The fraction of sp³-hybridized carbons (Fsp3) is 0.500. The average Bonchev–Trinajstić information content (AvgIpc) is 2.26. The smallest absolute Gasteiger partial charge is 0.267 e. The van der Waals surface area contributed by atoms with Gasteiger partial charge in [-0.2, -0.15) is 0 Å². The number of aliphatic hydroxyl groups is 1. The van der Waals surface area contributed by atoms with Gasteiger partial charge in [-0.15, -0.1) is 0 Å². The SMILES string of the molecule is CCCC(C)(O)CNC(=O)c1cccc(=O)[nH]1. The van der Waals surface area contributed by atoms with Crippen LogP contribution in [-0.4, -0.2) is 28.1 Å². The molecule has 0 saturated heterocycles. The Labute approximate surface area is 99.9 Å². The molecule has 1 heterocycles. The van der Waals surface area contributed by atoms with E-state index in [0.717, 1.165) is 6.42 Å². The molecular formula is C12H18N2O3. The van der Waals surface area contributed by atoms with Crippen LogP contribution in [0.2, 0.25) is 0 Å². The number of nitrogens with one attached hydrogen (secondary N) is 2. The van der Waals surface area contributed by atoms with Crippen molar-refractivity contribution in [1.82, 2.24) is 10.3 Å². The van der Waals surface area contributed by atoms with Gasteiger partial charge < -0.3 is 15.4 Å².